The summed E-state index contributed by atoms with van der Waals surface area (Å²) in [6.07, 6.45) is 0. The Kier molecular flexibility index (Phi) is 4.44. The van der Waals surface area contributed by atoms with Crippen molar-refractivity contribution in [3.05, 3.63) is 44.4 Å². The highest BCUT2D eigenvalue weighted by Crippen LogP contribution is 2.24. The predicted molar refractivity (Wildman–Crippen MR) is 78.0 cm³/mol. The van der Waals surface area contributed by atoms with Crippen LogP contribution in [0.25, 0.3) is 11.4 Å². The summed E-state index contributed by atoms with van der Waals surface area (Å²) >= 11 is 8.56. The first kappa shape index (κ1) is 14.3. The summed E-state index contributed by atoms with van der Waals surface area (Å²) in [7, 11) is 1.59. The molecule has 0 amide bonds. The van der Waals surface area contributed by atoms with Gasteiger partial charge in [0.15, 0.2) is 0 Å². The Hall–Kier alpha value is -1.11. The van der Waals surface area contributed by atoms with Crippen molar-refractivity contribution < 1.29 is 9.13 Å². The Bertz CT molecular complexity index is 672. The van der Waals surface area contributed by atoms with Gasteiger partial charge >= 0.3 is 0 Å². The molecule has 0 aliphatic carbocycles. The van der Waals surface area contributed by atoms with Crippen LogP contribution in [0, 0.1) is 17.4 Å². The van der Waals surface area contributed by atoms with Gasteiger partial charge in [-0.25, -0.2) is 9.37 Å². The maximum Gasteiger partial charge on any atom is 0.144 e. The number of aromatic nitrogens is 2. The van der Waals surface area contributed by atoms with Gasteiger partial charge in [0, 0.05) is 12.7 Å². The molecule has 0 unspecified atom stereocenters. The van der Waals surface area contributed by atoms with Crippen LogP contribution in [0.2, 0.25) is 0 Å². The van der Waals surface area contributed by atoms with Crippen molar-refractivity contribution in [2.45, 2.75) is 13.5 Å². The van der Waals surface area contributed by atoms with Crippen LogP contribution in [0.5, 0.6) is 0 Å². The molecule has 0 aliphatic heterocycles. The molecule has 1 aromatic carbocycles. The number of ether oxygens (including phenoxy) is 1. The number of rotatable bonds is 3. The van der Waals surface area contributed by atoms with Gasteiger partial charge in [0.25, 0.3) is 0 Å². The molecule has 3 nitrogen and oxygen atoms in total. The minimum absolute atomic E-state index is 0.307. The molecule has 0 bridgehead atoms. The third-order valence-electron chi connectivity index (χ3n) is 2.68. The Labute approximate surface area is 124 Å². The number of methoxy groups -OCH3 is 1. The average Bonchev–Trinajstić information content (AvgIpc) is 2.38. The number of nitrogens with one attached hydrogen (secondary N) is 1. The Morgan fingerprint density at radius 2 is 2.21 bits per heavy atom. The number of hydrogen-bond acceptors (Lipinski definition) is 3. The molecule has 0 atom stereocenters. The van der Waals surface area contributed by atoms with E-state index in [0.29, 0.717) is 27.1 Å². The first-order valence-electron chi connectivity index (χ1n) is 5.57. The second kappa shape index (κ2) is 5.90. The zero-order chi connectivity index (χ0) is 14.0. The summed E-state index contributed by atoms with van der Waals surface area (Å²) in [5.41, 5.74) is 2.39. The zero-order valence-corrected chi connectivity index (χ0v) is 12.9. The number of aromatic amines is 1. The number of nitrogens with zero attached hydrogens (tertiary/aromatic N) is 1. The maximum absolute atomic E-state index is 13.4. The maximum atomic E-state index is 13.4. The molecule has 19 heavy (non-hydrogen) atoms. The molecule has 0 saturated carbocycles. The van der Waals surface area contributed by atoms with Crippen molar-refractivity contribution in [2.75, 3.05) is 7.11 Å². The fourth-order valence-corrected chi connectivity index (χ4v) is 2.24. The van der Waals surface area contributed by atoms with Crippen LogP contribution in [0.15, 0.2) is 22.7 Å². The first-order chi connectivity index (χ1) is 9.02. The minimum Gasteiger partial charge on any atom is -0.378 e. The molecule has 2 aromatic rings. The zero-order valence-electron chi connectivity index (χ0n) is 10.5. The summed E-state index contributed by atoms with van der Waals surface area (Å²) in [6.45, 7) is 2.26. The van der Waals surface area contributed by atoms with Crippen LogP contribution in [-0.4, -0.2) is 17.1 Å². The second-order valence-electron chi connectivity index (χ2n) is 4.08. The van der Waals surface area contributed by atoms with Gasteiger partial charge in [0.2, 0.25) is 0 Å². The average molecular weight is 343 g/mol. The highest BCUT2D eigenvalue weighted by molar-refractivity contribution is 9.10. The van der Waals surface area contributed by atoms with Crippen molar-refractivity contribution in [1.82, 2.24) is 9.97 Å². The van der Waals surface area contributed by atoms with Crippen LogP contribution in [0.3, 0.4) is 0 Å². The summed E-state index contributed by atoms with van der Waals surface area (Å²) in [5, 5.41) is 0. The lowest BCUT2D eigenvalue weighted by Crippen LogP contribution is -2.01. The van der Waals surface area contributed by atoms with Crippen LogP contribution >= 0.6 is 28.1 Å². The van der Waals surface area contributed by atoms with E-state index in [9.17, 15) is 4.39 Å². The van der Waals surface area contributed by atoms with Gasteiger partial charge in [-0.1, -0.05) is 18.3 Å². The number of benzene rings is 1. The molecule has 0 fully saturated rings. The summed E-state index contributed by atoms with van der Waals surface area (Å²) < 4.78 is 19.6. The van der Waals surface area contributed by atoms with E-state index in [2.05, 4.69) is 25.9 Å². The van der Waals surface area contributed by atoms with Crippen molar-refractivity contribution in [3.63, 3.8) is 0 Å². The van der Waals surface area contributed by atoms with E-state index in [1.165, 1.54) is 12.1 Å². The molecule has 1 aromatic heterocycles. The topological polar surface area (TPSA) is 37.9 Å². The van der Waals surface area contributed by atoms with Crippen LogP contribution in [0.4, 0.5) is 4.39 Å². The van der Waals surface area contributed by atoms with Gasteiger partial charge in [-0.2, -0.15) is 0 Å². The Morgan fingerprint density at radius 3 is 2.89 bits per heavy atom. The molecule has 100 valence electrons. The molecule has 0 saturated heterocycles. The Morgan fingerprint density at radius 1 is 1.47 bits per heavy atom. The van der Waals surface area contributed by atoms with E-state index >= 15 is 0 Å². The SMILES string of the molecule is COCc1[nH]c(-c2cc(F)ccc2C)nc(=S)c1Br. The van der Waals surface area contributed by atoms with Gasteiger partial charge < -0.3 is 9.72 Å². The fourth-order valence-electron chi connectivity index (χ4n) is 1.73. The van der Waals surface area contributed by atoms with Crippen molar-refractivity contribution in [3.8, 4) is 11.4 Å². The number of halogens is 2. The minimum atomic E-state index is -0.307. The molecule has 0 spiro atoms. The lowest BCUT2D eigenvalue weighted by atomic mass is 10.1. The highest BCUT2D eigenvalue weighted by Gasteiger charge is 2.10. The number of hydrogen-bond donors (Lipinski definition) is 1. The van der Waals surface area contributed by atoms with Gasteiger partial charge in [0.05, 0.1) is 16.8 Å². The first-order valence-corrected chi connectivity index (χ1v) is 6.77. The standard InChI is InChI=1S/C13H12BrFN2OS/c1-7-3-4-8(15)5-9(7)12-16-10(6-18-2)11(14)13(19)17-12/h3-5H,6H2,1-2H3,(H,16,17,19). The largest absolute Gasteiger partial charge is 0.378 e. The molecule has 2 rings (SSSR count). The van der Waals surface area contributed by atoms with E-state index in [1.807, 2.05) is 6.92 Å². The van der Waals surface area contributed by atoms with Crippen molar-refractivity contribution in [1.29, 1.82) is 0 Å². The predicted octanol–water partition coefficient (Wildman–Crippen LogP) is 4.16. The van der Waals surface area contributed by atoms with E-state index in [4.69, 9.17) is 17.0 Å². The molecule has 0 aliphatic rings. The van der Waals surface area contributed by atoms with Gasteiger partial charge in [0.1, 0.15) is 16.3 Å². The van der Waals surface area contributed by atoms with Crippen molar-refractivity contribution >= 4 is 28.1 Å². The van der Waals surface area contributed by atoms with Gasteiger partial charge in [-0.15, -0.1) is 0 Å². The van der Waals surface area contributed by atoms with Gasteiger partial charge in [-0.05, 0) is 40.5 Å². The molecule has 1 heterocycles. The Balaban J connectivity index is 2.62. The van der Waals surface area contributed by atoms with E-state index < -0.39 is 0 Å². The van der Waals surface area contributed by atoms with E-state index in [0.717, 1.165) is 11.3 Å². The van der Waals surface area contributed by atoms with Gasteiger partial charge in [-0.3, -0.25) is 0 Å². The molecule has 0 radical (unpaired) electrons. The monoisotopic (exact) mass is 342 g/mol. The third kappa shape index (κ3) is 3.08. The molecule has 1 N–H and O–H groups in total. The summed E-state index contributed by atoms with van der Waals surface area (Å²) in [4.78, 5) is 7.40. The quantitative estimate of drug-likeness (QED) is 0.851. The van der Waals surface area contributed by atoms with Crippen molar-refractivity contribution in [2.24, 2.45) is 0 Å². The third-order valence-corrected chi connectivity index (χ3v) is 4.09. The van der Waals surface area contributed by atoms with Crippen LogP contribution in [0.1, 0.15) is 11.3 Å². The van der Waals surface area contributed by atoms with Crippen LogP contribution in [-0.2, 0) is 11.3 Å². The molecular formula is C13H12BrFN2OS. The lowest BCUT2D eigenvalue weighted by Gasteiger charge is -2.10. The van der Waals surface area contributed by atoms with Crippen LogP contribution < -0.4 is 0 Å². The fraction of sp³-hybridized carbons (Fsp3) is 0.231. The smallest absolute Gasteiger partial charge is 0.144 e. The summed E-state index contributed by atoms with van der Waals surface area (Å²) in [5.74, 6) is 0.232. The number of aryl methyl sites for hydroxylation is 1. The molecule has 6 heteroatoms. The highest BCUT2D eigenvalue weighted by atomic mass is 79.9. The van der Waals surface area contributed by atoms with E-state index in [-0.39, 0.29) is 5.82 Å². The molecular weight excluding hydrogens is 331 g/mol. The van der Waals surface area contributed by atoms with E-state index in [1.54, 1.807) is 13.2 Å². The summed E-state index contributed by atoms with van der Waals surface area (Å²) in [6, 6.07) is 4.57. The second-order valence-corrected chi connectivity index (χ2v) is 5.26. The normalized spacial score (nSPS) is 10.7. The number of H-pyrrole nitrogens is 1. The lowest BCUT2D eigenvalue weighted by molar-refractivity contribution is 0.181.